The third-order valence-corrected chi connectivity index (χ3v) is 5.04. The van der Waals surface area contributed by atoms with Crippen LogP contribution < -0.4 is 10.2 Å². The first-order chi connectivity index (χ1) is 12.0. The minimum atomic E-state index is 0.0770. The minimum absolute atomic E-state index is 0.0770. The molecular weight excluding hydrogens is 314 g/mol. The van der Waals surface area contributed by atoms with E-state index in [-0.39, 0.29) is 12.0 Å². The molecule has 5 heteroatoms. The number of benzene rings is 1. The van der Waals surface area contributed by atoms with Gasteiger partial charge >= 0.3 is 0 Å². The van der Waals surface area contributed by atoms with Crippen molar-refractivity contribution in [3.05, 3.63) is 29.8 Å². The van der Waals surface area contributed by atoms with Crippen LogP contribution in [0.3, 0.4) is 0 Å². The maximum absolute atomic E-state index is 12.4. The van der Waals surface area contributed by atoms with Gasteiger partial charge in [-0.2, -0.15) is 0 Å². The molecule has 2 atom stereocenters. The van der Waals surface area contributed by atoms with Crippen molar-refractivity contribution in [3.63, 3.8) is 0 Å². The van der Waals surface area contributed by atoms with Crippen molar-refractivity contribution in [3.8, 4) is 0 Å². The number of anilines is 1. The van der Waals surface area contributed by atoms with Gasteiger partial charge in [0.2, 0.25) is 5.91 Å². The number of nitrogens with zero attached hydrogens (tertiary/aromatic N) is 2. The summed E-state index contributed by atoms with van der Waals surface area (Å²) in [7, 11) is 0. The van der Waals surface area contributed by atoms with E-state index in [1.165, 1.54) is 11.3 Å². The Kier molecular flexibility index (Phi) is 5.97. The van der Waals surface area contributed by atoms with Crippen LogP contribution in [0.1, 0.15) is 26.3 Å². The smallest absolute Gasteiger partial charge is 0.239 e. The Morgan fingerprint density at radius 3 is 2.96 bits per heavy atom. The summed E-state index contributed by atoms with van der Waals surface area (Å²) < 4.78 is 5.82. The molecule has 2 heterocycles. The van der Waals surface area contributed by atoms with Gasteiger partial charge in [0, 0.05) is 37.9 Å². The van der Waals surface area contributed by atoms with Gasteiger partial charge in [0.05, 0.1) is 19.3 Å². The summed E-state index contributed by atoms with van der Waals surface area (Å²) in [6, 6.07) is 8.75. The Labute approximate surface area is 151 Å². The number of ether oxygens (including phenoxy) is 1. The van der Waals surface area contributed by atoms with Crippen molar-refractivity contribution in [2.75, 3.05) is 44.2 Å². The fraction of sp³-hybridized carbons (Fsp3) is 0.650. The molecule has 1 saturated heterocycles. The summed E-state index contributed by atoms with van der Waals surface area (Å²) >= 11 is 0. The molecule has 1 fully saturated rings. The first-order valence-electron chi connectivity index (χ1n) is 9.48. The Balaban J connectivity index is 1.47. The number of carbonyl (C=O) groups excluding carboxylic acids is 1. The number of rotatable bonds is 6. The molecule has 1 N–H and O–H groups in total. The monoisotopic (exact) mass is 345 g/mol. The molecule has 0 bridgehead atoms. The highest BCUT2D eigenvalue weighted by atomic mass is 16.5. The summed E-state index contributed by atoms with van der Waals surface area (Å²) in [6.07, 6.45) is 1.11. The normalized spacial score (nSPS) is 23.8. The molecule has 0 spiro atoms. The van der Waals surface area contributed by atoms with E-state index in [2.05, 4.69) is 54.1 Å². The molecule has 0 aromatic heterocycles. The lowest BCUT2D eigenvalue weighted by molar-refractivity contribution is -0.121. The van der Waals surface area contributed by atoms with Gasteiger partial charge in [-0.3, -0.25) is 9.69 Å². The molecule has 138 valence electrons. The fourth-order valence-electron chi connectivity index (χ4n) is 3.89. The van der Waals surface area contributed by atoms with Gasteiger partial charge in [-0.1, -0.05) is 32.0 Å². The van der Waals surface area contributed by atoms with Crippen LogP contribution in [0.5, 0.6) is 0 Å². The van der Waals surface area contributed by atoms with Gasteiger partial charge < -0.3 is 15.0 Å². The van der Waals surface area contributed by atoms with E-state index in [1.54, 1.807) is 0 Å². The third-order valence-electron chi connectivity index (χ3n) is 5.04. The van der Waals surface area contributed by atoms with E-state index in [1.807, 2.05) is 6.07 Å². The lowest BCUT2D eigenvalue weighted by Gasteiger charge is -2.34. The fourth-order valence-corrected chi connectivity index (χ4v) is 3.89. The molecule has 0 saturated carbocycles. The Bertz CT molecular complexity index is 590. The first kappa shape index (κ1) is 18.2. The number of amides is 1. The molecule has 0 radical (unpaired) electrons. The molecule has 1 amide bonds. The highest BCUT2D eigenvalue weighted by molar-refractivity contribution is 5.82. The SMILES string of the molecule is CC(C)CN1CCO[C@H](CNC(=O)CN2c3ccccc3C[C@@H]2C)C1. The topological polar surface area (TPSA) is 44.8 Å². The maximum atomic E-state index is 12.4. The lowest BCUT2D eigenvalue weighted by atomic mass is 10.1. The number of fused-ring (bicyclic) bond motifs is 1. The summed E-state index contributed by atoms with van der Waals surface area (Å²) in [5.41, 5.74) is 2.53. The lowest BCUT2D eigenvalue weighted by Crippen LogP contribution is -2.49. The quantitative estimate of drug-likeness (QED) is 0.855. The number of carbonyl (C=O) groups is 1. The highest BCUT2D eigenvalue weighted by Crippen LogP contribution is 2.31. The van der Waals surface area contributed by atoms with E-state index < -0.39 is 0 Å². The second-order valence-electron chi connectivity index (χ2n) is 7.76. The standard InChI is InChI=1S/C20H31N3O2/c1-15(2)12-22-8-9-25-18(13-22)11-21-20(24)14-23-16(3)10-17-6-4-5-7-19(17)23/h4-7,15-16,18H,8-14H2,1-3H3,(H,21,24)/t16-,18+/m0/s1. The predicted octanol–water partition coefficient (Wildman–Crippen LogP) is 1.91. The van der Waals surface area contributed by atoms with Crippen molar-refractivity contribution in [2.24, 2.45) is 5.92 Å². The number of para-hydroxylation sites is 1. The zero-order valence-corrected chi connectivity index (χ0v) is 15.7. The summed E-state index contributed by atoms with van der Waals surface area (Å²) in [5, 5.41) is 3.07. The van der Waals surface area contributed by atoms with E-state index in [9.17, 15) is 4.79 Å². The van der Waals surface area contributed by atoms with Crippen LogP contribution in [0.25, 0.3) is 0 Å². The van der Waals surface area contributed by atoms with Gasteiger partial charge in [-0.05, 0) is 30.9 Å². The molecule has 0 unspecified atom stereocenters. The van der Waals surface area contributed by atoms with Gasteiger partial charge in [0.15, 0.2) is 0 Å². The van der Waals surface area contributed by atoms with Gasteiger partial charge in [0.1, 0.15) is 0 Å². The zero-order valence-electron chi connectivity index (χ0n) is 15.7. The highest BCUT2D eigenvalue weighted by Gasteiger charge is 2.27. The van der Waals surface area contributed by atoms with E-state index in [0.717, 1.165) is 32.7 Å². The molecule has 3 rings (SSSR count). The van der Waals surface area contributed by atoms with Crippen molar-refractivity contribution >= 4 is 11.6 Å². The second kappa shape index (κ2) is 8.19. The Hall–Kier alpha value is -1.59. The van der Waals surface area contributed by atoms with E-state index >= 15 is 0 Å². The summed E-state index contributed by atoms with van der Waals surface area (Å²) in [5.74, 6) is 0.734. The number of nitrogens with one attached hydrogen (secondary N) is 1. The summed E-state index contributed by atoms with van der Waals surface area (Å²) in [4.78, 5) is 17.1. The number of hydrogen-bond donors (Lipinski definition) is 1. The molecule has 2 aliphatic heterocycles. The molecule has 0 aliphatic carbocycles. The molecule has 1 aromatic rings. The van der Waals surface area contributed by atoms with Crippen LogP contribution >= 0.6 is 0 Å². The van der Waals surface area contributed by atoms with Crippen LogP contribution in [0.2, 0.25) is 0 Å². The van der Waals surface area contributed by atoms with Gasteiger partial charge in [0.25, 0.3) is 0 Å². The van der Waals surface area contributed by atoms with E-state index in [0.29, 0.717) is 25.0 Å². The van der Waals surface area contributed by atoms with Gasteiger partial charge in [-0.25, -0.2) is 0 Å². The number of hydrogen-bond acceptors (Lipinski definition) is 4. The third kappa shape index (κ3) is 4.73. The van der Waals surface area contributed by atoms with Crippen LogP contribution in [0, 0.1) is 5.92 Å². The molecule has 2 aliphatic rings. The minimum Gasteiger partial charge on any atom is -0.374 e. The predicted molar refractivity (Wildman–Crippen MR) is 101 cm³/mol. The average molecular weight is 345 g/mol. The molecule has 5 nitrogen and oxygen atoms in total. The van der Waals surface area contributed by atoms with E-state index in [4.69, 9.17) is 4.74 Å². The molecule has 25 heavy (non-hydrogen) atoms. The summed E-state index contributed by atoms with van der Waals surface area (Å²) in [6.45, 7) is 11.4. The number of morpholine rings is 1. The Morgan fingerprint density at radius 2 is 2.16 bits per heavy atom. The van der Waals surface area contributed by atoms with Gasteiger partial charge in [-0.15, -0.1) is 0 Å². The van der Waals surface area contributed by atoms with Crippen molar-refractivity contribution in [1.82, 2.24) is 10.2 Å². The van der Waals surface area contributed by atoms with Crippen LogP contribution in [0.4, 0.5) is 5.69 Å². The second-order valence-corrected chi connectivity index (χ2v) is 7.76. The Morgan fingerprint density at radius 1 is 1.36 bits per heavy atom. The molecule has 1 aromatic carbocycles. The average Bonchev–Trinajstić information content (AvgIpc) is 2.88. The van der Waals surface area contributed by atoms with Crippen LogP contribution in [-0.4, -0.2) is 62.3 Å². The first-order valence-corrected chi connectivity index (χ1v) is 9.48. The zero-order chi connectivity index (χ0) is 17.8. The van der Waals surface area contributed by atoms with Crippen molar-refractivity contribution < 1.29 is 9.53 Å². The van der Waals surface area contributed by atoms with Crippen molar-refractivity contribution in [1.29, 1.82) is 0 Å². The van der Waals surface area contributed by atoms with Crippen LogP contribution in [0.15, 0.2) is 24.3 Å². The van der Waals surface area contributed by atoms with Crippen LogP contribution in [-0.2, 0) is 16.0 Å². The molecular formula is C20H31N3O2. The van der Waals surface area contributed by atoms with Crippen molar-refractivity contribution in [2.45, 2.75) is 39.3 Å². The largest absolute Gasteiger partial charge is 0.374 e. The maximum Gasteiger partial charge on any atom is 0.239 e.